The van der Waals surface area contributed by atoms with E-state index in [1.165, 1.54) is 12.1 Å². The van der Waals surface area contributed by atoms with Crippen LogP contribution in [0.15, 0.2) is 36.4 Å². The Morgan fingerprint density at radius 1 is 1.14 bits per heavy atom. The molecule has 0 spiro atoms. The molecule has 0 fully saturated rings. The van der Waals surface area contributed by atoms with Gasteiger partial charge in [0.05, 0.1) is 13.2 Å². The molecular weight excluding hydrogens is 274 g/mol. The molecule has 0 bridgehead atoms. The number of nitrogens with one attached hydrogen (secondary N) is 1. The van der Waals surface area contributed by atoms with Crippen LogP contribution in [0.4, 0.5) is 8.78 Å². The van der Waals surface area contributed by atoms with E-state index in [-0.39, 0.29) is 6.04 Å². The molecule has 2 rings (SSSR count). The molecule has 0 aromatic heterocycles. The average molecular weight is 292 g/mol. The summed E-state index contributed by atoms with van der Waals surface area (Å²) in [6.45, 7) is 1.96. The second-order valence-electron chi connectivity index (χ2n) is 4.95. The summed E-state index contributed by atoms with van der Waals surface area (Å²) in [7, 11) is 1.57. The van der Waals surface area contributed by atoms with Gasteiger partial charge in [-0.15, -0.1) is 0 Å². The van der Waals surface area contributed by atoms with Gasteiger partial charge in [0.2, 0.25) is 0 Å². The molecular formula is C16H18F2N2O. The van der Waals surface area contributed by atoms with Crippen molar-refractivity contribution in [3.05, 3.63) is 64.7 Å². The van der Waals surface area contributed by atoms with Gasteiger partial charge < -0.3 is 4.74 Å². The van der Waals surface area contributed by atoms with Gasteiger partial charge in [-0.1, -0.05) is 17.7 Å². The predicted octanol–water partition coefficient (Wildman–Crippen LogP) is 3.03. The van der Waals surface area contributed by atoms with Crippen LogP contribution in [0.3, 0.4) is 0 Å². The van der Waals surface area contributed by atoms with Gasteiger partial charge in [-0.2, -0.15) is 0 Å². The van der Waals surface area contributed by atoms with E-state index >= 15 is 0 Å². The van der Waals surface area contributed by atoms with Crippen LogP contribution in [0.25, 0.3) is 0 Å². The summed E-state index contributed by atoms with van der Waals surface area (Å²) in [4.78, 5) is 0. The maximum Gasteiger partial charge on any atom is 0.126 e. The highest BCUT2D eigenvalue weighted by atomic mass is 19.1. The number of hydrazine groups is 1. The van der Waals surface area contributed by atoms with Crippen LogP contribution in [0.1, 0.15) is 22.7 Å². The highest BCUT2D eigenvalue weighted by Gasteiger charge is 2.16. The number of hydrogen-bond donors (Lipinski definition) is 2. The molecule has 0 aliphatic heterocycles. The summed E-state index contributed by atoms with van der Waals surface area (Å²) in [5, 5.41) is 0. The van der Waals surface area contributed by atoms with Crippen LogP contribution in [0.5, 0.6) is 5.75 Å². The van der Waals surface area contributed by atoms with E-state index in [2.05, 4.69) is 5.43 Å². The molecule has 112 valence electrons. The second-order valence-corrected chi connectivity index (χ2v) is 4.95. The lowest BCUT2D eigenvalue weighted by atomic mass is 9.97. The Labute approximate surface area is 122 Å². The van der Waals surface area contributed by atoms with Crippen molar-refractivity contribution in [1.82, 2.24) is 5.43 Å². The average Bonchev–Trinajstić information content (AvgIpc) is 2.43. The van der Waals surface area contributed by atoms with Crippen molar-refractivity contribution in [1.29, 1.82) is 0 Å². The summed E-state index contributed by atoms with van der Waals surface area (Å²) >= 11 is 0. The zero-order valence-electron chi connectivity index (χ0n) is 12.0. The first kappa shape index (κ1) is 15.4. The molecule has 3 nitrogen and oxygen atoms in total. The van der Waals surface area contributed by atoms with Gasteiger partial charge in [-0.3, -0.25) is 11.3 Å². The van der Waals surface area contributed by atoms with Gasteiger partial charge in [-0.05, 0) is 37.1 Å². The molecule has 0 amide bonds. The van der Waals surface area contributed by atoms with E-state index in [1.807, 2.05) is 25.1 Å². The number of benzene rings is 2. The molecule has 0 heterocycles. The SMILES string of the molecule is COc1ccc(C)cc1C(Cc1cc(F)cc(F)c1)NN. The van der Waals surface area contributed by atoms with Gasteiger partial charge in [0.1, 0.15) is 17.4 Å². The van der Waals surface area contributed by atoms with Crippen LogP contribution in [0, 0.1) is 18.6 Å². The van der Waals surface area contributed by atoms with E-state index < -0.39 is 11.6 Å². The van der Waals surface area contributed by atoms with Gasteiger partial charge in [-0.25, -0.2) is 8.78 Å². The molecule has 21 heavy (non-hydrogen) atoms. The summed E-state index contributed by atoms with van der Waals surface area (Å²) in [6.07, 6.45) is 0.352. The van der Waals surface area contributed by atoms with E-state index in [0.29, 0.717) is 17.7 Å². The molecule has 0 saturated carbocycles. The third kappa shape index (κ3) is 3.77. The minimum absolute atomic E-state index is 0.305. The Morgan fingerprint density at radius 3 is 2.38 bits per heavy atom. The number of aryl methyl sites for hydroxylation is 1. The minimum atomic E-state index is -0.600. The highest BCUT2D eigenvalue weighted by Crippen LogP contribution is 2.28. The smallest absolute Gasteiger partial charge is 0.126 e. The monoisotopic (exact) mass is 292 g/mol. The second kappa shape index (κ2) is 6.65. The summed E-state index contributed by atoms with van der Waals surface area (Å²) < 4.78 is 31.9. The zero-order valence-corrected chi connectivity index (χ0v) is 12.0. The fourth-order valence-corrected chi connectivity index (χ4v) is 2.35. The third-order valence-electron chi connectivity index (χ3n) is 3.32. The molecule has 5 heteroatoms. The minimum Gasteiger partial charge on any atom is -0.496 e. The number of nitrogens with two attached hydrogens (primary N) is 1. The first-order valence-corrected chi connectivity index (χ1v) is 6.59. The molecule has 0 saturated heterocycles. The fourth-order valence-electron chi connectivity index (χ4n) is 2.35. The Kier molecular flexibility index (Phi) is 4.88. The third-order valence-corrected chi connectivity index (χ3v) is 3.32. The maximum absolute atomic E-state index is 13.3. The van der Waals surface area contributed by atoms with Crippen LogP contribution in [-0.4, -0.2) is 7.11 Å². The molecule has 0 radical (unpaired) electrons. The molecule has 0 aliphatic carbocycles. The van der Waals surface area contributed by atoms with Gasteiger partial charge >= 0.3 is 0 Å². The van der Waals surface area contributed by atoms with Crippen molar-refractivity contribution in [2.45, 2.75) is 19.4 Å². The van der Waals surface area contributed by atoms with E-state index in [1.54, 1.807) is 7.11 Å². The maximum atomic E-state index is 13.3. The normalized spacial score (nSPS) is 12.2. The van der Waals surface area contributed by atoms with E-state index in [4.69, 9.17) is 10.6 Å². The van der Waals surface area contributed by atoms with Crippen molar-refractivity contribution < 1.29 is 13.5 Å². The first-order chi connectivity index (χ1) is 10.0. The molecule has 3 N–H and O–H groups in total. The Balaban J connectivity index is 2.33. The van der Waals surface area contributed by atoms with Gasteiger partial charge in [0.25, 0.3) is 0 Å². The van der Waals surface area contributed by atoms with Crippen LogP contribution >= 0.6 is 0 Å². The topological polar surface area (TPSA) is 47.3 Å². The van der Waals surface area contributed by atoms with Gasteiger partial charge in [0, 0.05) is 11.6 Å². The number of ether oxygens (including phenoxy) is 1. The Hall–Kier alpha value is -1.98. The molecule has 2 aromatic rings. The molecule has 1 unspecified atom stereocenters. The van der Waals surface area contributed by atoms with E-state index in [0.717, 1.165) is 17.2 Å². The molecule has 1 atom stereocenters. The number of rotatable bonds is 5. The number of methoxy groups -OCH3 is 1. The van der Waals surface area contributed by atoms with Crippen molar-refractivity contribution in [3.8, 4) is 5.75 Å². The van der Waals surface area contributed by atoms with E-state index in [9.17, 15) is 8.78 Å². The summed E-state index contributed by atoms with van der Waals surface area (Å²) in [6, 6.07) is 8.87. The number of halogens is 2. The van der Waals surface area contributed by atoms with Crippen LogP contribution < -0.4 is 16.0 Å². The molecule has 0 aliphatic rings. The molecule has 2 aromatic carbocycles. The van der Waals surface area contributed by atoms with Crippen LogP contribution in [-0.2, 0) is 6.42 Å². The lowest BCUT2D eigenvalue weighted by molar-refractivity contribution is 0.398. The largest absolute Gasteiger partial charge is 0.496 e. The quantitative estimate of drug-likeness (QED) is 0.658. The standard InChI is InChI=1S/C16H18F2N2O/c1-10-3-4-16(21-2)14(5-10)15(20-19)8-11-6-12(17)9-13(18)7-11/h3-7,9,15,20H,8,19H2,1-2H3. The fraction of sp³-hybridized carbons (Fsp3) is 0.250. The predicted molar refractivity (Wildman–Crippen MR) is 77.9 cm³/mol. The lowest BCUT2D eigenvalue weighted by Gasteiger charge is -2.20. The van der Waals surface area contributed by atoms with Crippen molar-refractivity contribution in [2.24, 2.45) is 5.84 Å². The Bertz CT molecular complexity index is 611. The van der Waals surface area contributed by atoms with Crippen molar-refractivity contribution in [2.75, 3.05) is 7.11 Å². The summed E-state index contributed by atoms with van der Waals surface area (Å²) in [5.74, 6) is 5.09. The van der Waals surface area contributed by atoms with Crippen molar-refractivity contribution in [3.63, 3.8) is 0 Å². The Morgan fingerprint density at radius 2 is 1.81 bits per heavy atom. The van der Waals surface area contributed by atoms with Crippen LogP contribution in [0.2, 0.25) is 0 Å². The first-order valence-electron chi connectivity index (χ1n) is 6.59. The number of hydrogen-bond acceptors (Lipinski definition) is 3. The summed E-state index contributed by atoms with van der Waals surface area (Å²) in [5.41, 5.74) is 5.11. The van der Waals surface area contributed by atoms with Crippen molar-refractivity contribution >= 4 is 0 Å². The zero-order chi connectivity index (χ0) is 15.4. The highest BCUT2D eigenvalue weighted by molar-refractivity contribution is 5.40. The lowest BCUT2D eigenvalue weighted by Crippen LogP contribution is -2.30. The van der Waals surface area contributed by atoms with Gasteiger partial charge in [0.15, 0.2) is 0 Å².